The van der Waals surface area contributed by atoms with E-state index in [1.165, 1.54) is 11.3 Å². The Hall–Kier alpha value is -2.67. The fraction of sp³-hybridized carbons (Fsp3) is 0.316. The van der Waals surface area contributed by atoms with Crippen molar-refractivity contribution < 1.29 is 14.3 Å². The van der Waals surface area contributed by atoms with Crippen LogP contribution in [0.3, 0.4) is 0 Å². The second-order valence-corrected chi connectivity index (χ2v) is 7.13. The highest BCUT2D eigenvalue weighted by molar-refractivity contribution is 7.20. The number of nitrogens with zero attached hydrogens (tertiary/aromatic N) is 3. The summed E-state index contributed by atoms with van der Waals surface area (Å²) in [6.07, 6.45) is 3.30. The van der Waals surface area contributed by atoms with E-state index < -0.39 is 0 Å². The average molecular weight is 369 g/mol. The van der Waals surface area contributed by atoms with Crippen LogP contribution >= 0.6 is 11.3 Å². The van der Waals surface area contributed by atoms with Crippen LogP contribution in [-0.4, -0.2) is 47.1 Å². The molecule has 0 radical (unpaired) electrons. The molecule has 134 valence electrons. The zero-order chi connectivity index (χ0) is 17.9. The van der Waals surface area contributed by atoms with E-state index >= 15 is 0 Å². The largest absolute Gasteiger partial charge is 0.497 e. The predicted octanol–water partition coefficient (Wildman–Crippen LogP) is 3.38. The first-order valence-electron chi connectivity index (χ1n) is 8.54. The van der Waals surface area contributed by atoms with Gasteiger partial charge in [-0.2, -0.15) is 0 Å². The van der Waals surface area contributed by atoms with E-state index in [1.807, 2.05) is 35.2 Å². The van der Waals surface area contributed by atoms with Gasteiger partial charge in [-0.15, -0.1) is 0 Å². The van der Waals surface area contributed by atoms with Crippen molar-refractivity contribution in [3.8, 4) is 10.9 Å². The topological polar surface area (TPSA) is 64.6 Å². The number of benzene rings is 1. The Morgan fingerprint density at radius 1 is 1.23 bits per heavy atom. The average Bonchev–Trinajstić information content (AvgIpc) is 3.10. The summed E-state index contributed by atoms with van der Waals surface area (Å²) >= 11 is 1.52. The van der Waals surface area contributed by atoms with E-state index in [0.29, 0.717) is 24.0 Å². The number of piperidine rings is 1. The van der Waals surface area contributed by atoms with Crippen LogP contribution in [0.2, 0.25) is 0 Å². The highest BCUT2D eigenvalue weighted by Crippen LogP contribution is 2.32. The number of carbonyl (C=O) groups excluding carboxylic acids is 1. The Morgan fingerprint density at radius 3 is 2.81 bits per heavy atom. The van der Waals surface area contributed by atoms with Crippen molar-refractivity contribution in [2.24, 2.45) is 0 Å². The Kier molecular flexibility index (Phi) is 4.71. The molecule has 1 aliphatic heterocycles. The predicted molar refractivity (Wildman–Crippen MR) is 100.0 cm³/mol. The van der Waals surface area contributed by atoms with Crippen LogP contribution in [-0.2, 0) is 0 Å². The van der Waals surface area contributed by atoms with Crippen LogP contribution in [0.5, 0.6) is 10.9 Å². The van der Waals surface area contributed by atoms with Gasteiger partial charge in [-0.1, -0.05) is 17.4 Å². The summed E-state index contributed by atoms with van der Waals surface area (Å²) in [6.45, 7) is 1.33. The first kappa shape index (κ1) is 16.8. The van der Waals surface area contributed by atoms with Crippen LogP contribution in [0.25, 0.3) is 10.2 Å². The lowest BCUT2D eigenvalue weighted by atomic mass is 10.1. The van der Waals surface area contributed by atoms with Gasteiger partial charge in [0.25, 0.3) is 11.1 Å². The minimum atomic E-state index is -0.0175. The molecule has 2 aromatic heterocycles. The van der Waals surface area contributed by atoms with Gasteiger partial charge in [0.05, 0.1) is 17.3 Å². The Bertz CT molecular complexity index is 905. The molecule has 0 unspecified atom stereocenters. The standard InChI is InChI=1S/C19H19N3O3S/c1-24-14-5-6-15-17(12-14)26-19(21-15)25-13-7-10-22(11-8-13)18(23)16-4-2-3-9-20-16/h2-6,9,12-13H,7-8,10-11H2,1H3. The summed E-state index contributed by atoms with van der Waals surface area (Å²) in [7, 11) is 1.65. The van der Waals surface area contributed by atoms with Crippen molar-refractivity contribution in [1.82, 2.24) is 14.9 Å². The SMILES string of the molecule is COc1ccc2nc(OC3CCN(C(=O)c4ccccn4)CC3)sc2c1. The van der Waals surface area contributed by atoms with Gasteiger partial charge in [-0.25, -0.2) is 4.98 Å². The van der Waals surface area contributed by atoms with Crippen LogP contribution in [0.1, 0.15) is 23.3 Å². The highest BCUT2D eigenvalue weighted by atomic mass is 32.1. The van der Waals surface area contributed by atoms with Crippen LogP contribution in [0, 0.1) is 0 Å². The van der Waals surface area contributed by atoms with Gasteiger partial charge in [-0.05, 0) is 30.3 Å². The molecule has 4 rings (SSSR count). The molecular weight excluding hydrogens is 350 g/mol. The smallest absolute Gasteiger partial charge is 0.274 e. The van der Waals surface area contributed by atoms with E-state index in [9.17, 15) is 4.79 Å². The Labute approximate surface area is 155 Å². The number of methoxy groups -OCH3 is 1. The summed E-state index contributed by atoms with van der Waals surface area (Å²) in [4.78, 5) is 23.0. The van der Waals surface area contributed by atoms with Gasteiger partial charge in [-0.3, -0.25) is 9.78 Å². The van der Waals surface area contributed by atoms with Crippen LogP contribution in [0.4, 0.5) is 0 Å². The van der Waals surface area contributed by atoms with Crippen molar-refractivity contribution in [3.63, 3.8) is 0 Å². The molecule has 26 heavy (non-hydrogen) atoms. The number of rotatable bonds is 4. The fourth-order valence-electron chi connectivity index (χ4n) is 3.03. The quantitative estimate of drug-likeness (QED) is 0.705. The normalized spacial score (nSPS) is 15.2. The monoisotopic (exact) mass is 369 g/mol. The second-order valence-electron chi connectivity index (χ2n) is 6.14. The number of fused-ring (bicyclic) bond motifs is 1. The third-order valence-corrected chi connectivity index (χ3v) is 5.37. The molecule has 0 spiro atoms. The van der Waals surface area contributed by atoms with Gasteiger partial charge >= 0.3 is 0 Å². The molecule has 0 bridgehead atoms. The molecule has 0 aliphatic carbocycles. The molecule has 0 N–H and O–H groups in total. The summed E-state index contributed by atoms with van der Waals surface area (Å²) in [5.41, 5.74) is 1.40. The van der Waals surface area contributed by atoms with Gasteiger partial charge in [0.15, 0.2) is 0 Å². The number of thiazole rings is 1. The summed E-state index contributed by atoms with van der Waals surface area (Å²) in [5, 5.41) is 0.669. The highest BCUT2D eigenvalue weighted by Gasteiger charge is 2.26. The lowest BCUT2D eigenvalue weighted by molar-refractivity contribution is 0.0590. The van der Waals surface area contributed by atoms with Crippen molar-refractivity contribution >= 4 is 27.5 Å². The molecular formula is C19H19N3O3S. The van der Waals surface area contributed by atoms with Crippen LogP contribution < -0.4 is 9.47 Å². The van der Waals surface area contributed by atoms with E-state index in [0.717, 1.165) is 28.8 Å². The maximum Gasteiger partial charge on any atom is 0.274 e. The van der Waals surface area contributed by atoms with Crippen LogP contribution in [0.15, 0.2) is 42.6 Å². The molecule has 1 aliphatic rings. The molecule has 7 heteroatoms. The molecule has 0 saturated carbocycles. The summed E-state index contributed by atoms with van der Waals surface area (Å²) in [6, 6.07) is 11.2. The lowest BCUT2D eigenvalue weighted by Gasteiger charge is -2.31. The molecule has 3 aromatic rings. The van der Waals surface area contributed by atoms with Crippen molar-refractivity contribution in [3.05, 3.63) is 48.3 Å². The summed E-state index contributed by atoms with van der Waals surface area (Å²) in [5.74, 6) is 0.796. The van der Waals surface area contributed by atoms with E-state index in [4.69, 9.17) is 9.47 Å². The number of hydrogen-bond acceptors (Lipinski definition) is 6. The first-order chi connectivity index (χ1) is 12.7. The number of aromatic nitrogens is 2. The minimum absolute atomic E-state index is 0.0175. The molecule has 1 saturated heterocycles. The minimum Gasteiger partial charge on any atom is -0.497 e. The van der Waals surface area contributed by atoms with Crippen molar-refractivity contribution in [2.45, 2.75) is 18.9 Å². The number of pyridine rings is 1. The number of hydrogen-bond donors (Lipinski definition) is 0. The zero-order valence-corrected chi connectivity index (χ0v) is 15.2. The molecule has 3 heterocycles. The second kappa shape index (κ2) is 7.29. The summed E-state index contributed by atoms with van der Waals surface area (Å²) < 4.78 is 12.4. The molecule has 0 atom stereocenters. The number of carbonyl (C=O) groups is 1. The Balaban J connectivity index is 1.37. The van der Waals surface area contributed by atoms with E-state index in [-0.39, 0.29) is 12.0 Å². The van der Waals surface area contributed by atoms with E-state index in [2.05, 4.69) is 9.97 Å². The number of likely N-dealkylation sites (tertiary alicyclic amines) is 1. The van der Waals surface area contributed by atoms with Gasteiger partial charge in [0.1, 0.15) is 17.5 Å². The number of amides is 1. The maximum absolute atomic E-state index is 12.4. The fourth-order valence-corrected chi connectivity index (χ4v) is 3.94. The third kappa shape index (κ3) is 3.48. The van der Waals surface area contributed by atoms with Crippen molar-refractivity contribution in [1.29, 1.82) is 0 Å². The lowest BCUT2D eigenvalue weighted by Crippen LogP contribution is -2.42. The van der Waals surface area contributed by atoms with Gasteiger partial charge in [0, 0.05) is 32.1 Å². The Morgan fingerprint density at radius 2 is 2.08 bits per heavy atom. The first-order valence-corrected chi connectivity index (χ1v) is 9.36. The zero-order valence-electron chi connectivity index (χ0n) is 14.4. The molecule has 6 nitrogen and oxygen atoms in total. The molecule has 1 fully saturated rings. The van der Waals surface area contributed by atoms with Gasteiger partial charge < -0.3 is 14.4 Å². The number of ether oxygens (including phenoxy) is 2. The van der Waals surface area contributed by atoms with Crippen molar-refractivity contribution in [2.75, 3.05) is 20.2 Å². The van der Waals surface area contributed by atoms with Gasteiger partial charge in [0.2, 0.25) is 0 Å². The molecule has 1 aromatic carbocycles. The maximum atomic E-state index is 12.4. The molecule has 1 amide bonds. The van der Waals surface area contributed by atoms with E-state index in [1.54, 1.807) is 19.4 Å². The third-order valence-electron chi connectivity index (χ3n) is 4.46.